The number of alkyl halides is 1. The van der Waals surface area contributed by atoms with E-state index in [-0.39, 0.29) is 5.91 Å². The molecule has 24 heavy (non-hydrogen) atoms. The van der Waals surface area contributed by atoms with Gasteiger partial charge in [0.05, 0.1) is 11.5 Å². The molecule has 0 radical (unpaired) electrons. The number of rotatable bonds is 3. The zero-order valence-electron chi connectivity index (χ0n) is 14.7. The summed E-state index contributed by atoms with van der Waals surface area (Å²) in [6.45, 7) is 3.33. The largest absolute Gasteiger partial charge is 0.389 e. The number of halogens is 1. The lowest BCUT2D eigenvalue weighted by Crippen LogP contribution is -2.52. The van der Waals surface area contributed by atoms with Gasteiger partial charge in [0, 0.05) is 26.2 Å². The maximum absolute atomic E-state index is 13.1. The number of carbonyl (C=O) groups is 1. The van der Waals surface area contributed by atoms with Crippen LogP contribution in [0.25, 0.3) is 0 Å². The first kappa shape index (κ1) is 19.4. The van der Waals surface area contributed by atoms with Crippen LogP contribution in [0.4, 0.5) is 0 Å². The Hall–Kier alpha value is -0.910. The highest BCUT2D eigenvalue weighted by atomic mass is 79.9. The van der Waals surface area contributed by atoms with Crippen LogP contribution in [0.5, 0.6) is 0 Å². The molecule has 1 unspecified atom stereocenters. The molecule has 0 spiro atoms. The van der Waals surface area contributed by atoms with Crippen LogP contribution in [0.3, 0.4) is 0 Å². The normalized spacial score (nSPS) is 21.8. The summed E-state index contributed by atoms with van der Waals surface area (Å²) in [5.74, 6) is 1.50. The number of nitrogens with zero attached hydrogens (tertiary/aromatic N) is 2. The van der Waals surface area contributed by atoms with Gasteiger partial charge in [0.15, 0.2) is 0 Å². The van der Waals surface area contributed by atoms with Crippen LogP contribution in [-0.4, -0.2) is 65.5 Å². The van der Waals surface area contributed by atoms with E-state index in [4.69, 9.17) is 0 Å². The second-order valence-corrected chi connectivity index (χ2v) is 6.78. The monoisotopic (exact) mass is 396 g/mol. The first-order valence-corrected chi connectivity index (χ1v) is 10.3. The molecule has 1 amide bonds. The molecule has 1 saturated carbocycles. The van der Waals surface area contributed by atoms with Gasteiger partial charge in [-0.15, -0.1) is 0 Å². The van der Waals surface area contributed by atoms with Gasteiger partial charge in [-0.1, -0.05) is 59.1 Å². The summed E-state index contributed by atoms with van der Waals surface area (Å²) in [5, 5.41) is 11.1. The van der Waals surface area contributed by atoms with Gasteiger partial charge in [-0.25, -0.2) is 0 Å². The molecule has 2 aliphatic rings. The molecule has 5 heteroatoms. The second-order valence-electron chi connectivity index (χ2n) is 6.78. The maximum Gasteiger partial charge on any atom is 0.233 e. The van der Waals surface area contributed by atoms with Gasteiger partial charge in [-0.2, -0.15) is 0 Å². The molecule has 1 aromatic rings. The SMILES string of the molecule is CBr.CN1CCN(C(=O)C(c2ccccc2)C2(O)CCCC2)CC1. The number of hydrogen-bond donors (Lipinski definition) is 1. The Morgan fingerprint density at radius 3 is 2.17 bits per heavy atom. The third-order valence-corrected chi connectivity index (χ3v) is 5.20. The van der Waals surface area contributed by atoms with E-state index in [0.717, 1.165) is 57.4 Å². The summed E-state index contributed by atoms with van der Waals surface area (Å²) < 4.78 is 0. The summed E-state index contributed by atoms with van der Waals surface area (Å²) in [7, 11) is 2.08. The highest BCUT2D eigenvalue weighted by molar-refractivity contribution is 9.08. The Morgan fingerprint density at radius 2 is 1.62 bits per heavy atom. The molecule has 1 saturated heterocycles. The van der Waals surface area contributed by atoms with Crippen LogP contribution in [0, 0.1) is 0 Å². The minimum absolute atomic E-state index is 0.101. The van der Waals surface area contributed by atoms with Gasteiger partial charge in [-0.3, -0.25) is 4.79 Å². The van der Waals surface area contributed by atoms with E-state index in [1.165, 1.54) is 0 Å². The Kier molecular flexibility index (Phi) is 7.26. The predicted octanol–water partition coefficient (Wildman–Crippen LogP) is 2.86. The number of piperazine rings is 1. The fourth-order valence-electron chi connectivity index (χ4n) is 3.81. The summed E-state index contributed by atoms with van der Waals surface area (Å²) in [4.78, 5) is 17.3. The highest BCUT2D eigenvalue weighted by Crippen LogP contribution is 2.42. The van der Waals surface area contributed by atoms with Crippen LogP contribution in [-0.2, 0) is 4.79 Å². The molecule has 1 N–H and O–H groups in total. The molecule has 2 fully saturated rings. The van der Waals surface area contributed by atoms with Crippen molar-refractivity contribution in [2.45, 2.75) is 37.2 Å². The van der Waals surface area contributed by atoms with Gasteiger partial charge in [-0.05, 0) is 31.3 Å². The minimum atomic E-state index is -0.873. The van der Waals surface area contributed by atoms with Crippen LogP contribution >= 0.6 is 15.9 Å². The maximum atomic E-state index is 13.1. The Bertz CT molecular complexity index is 509. The third kappa shape index (κ3) is 4.38. The molecule has 1 aliphatic carbocycles. The zero-order chi connectivity index (χ0) is 17.6. The van der Waals surface area contributed by atoms with Crippen LogP contribution in [0.1, 0.15) is 37.2 Å². The van der Waals surface area contributed by atoms with E-state index in [9.17, 15) is 9.90 Å². The molecule has 4 nitrogen and oxygen atoms in total. The molecule has 3 rings (SSSR count). The van der Waals surface area contributed by atoms with Gasteiger partial charge in [0.1, 0.15) is 0 Å². The Labute approximate surface area is 154 Å². The summed E-state index contributed by atoms with van der Waals surface area (Å²) >= 11 is 2.94. The molecule has 1 atom stereocenters. The Morgan fingerprint density at radius 1 is 1.08 bits per heavy atom. The number of hydrogen-bond acceptors (Lipinski definition) is 3. The van der Waals surface area contributed by atoms with Gasteiger partial charge < -0.3 is 14.9 Å². The van der Waals surface area contributed by atoms with Crippen molar-refractivity contribution in [3.63, 3.8) is 0 Å². The van der Waals surface area contributed by atoms with E-state index >= 15 is 0 Å². The fraction of sp³-hybridized carbons (Fsp3) is 0.632. The van der Waals surface area contributed by atoms with Crippen molar-refractivity contribution < 1.29 is 9.90 Å². The summed E-state index contributed by atoms with van der Waals surface area (Å²) in [6.07, 6.45) is 3.48. The van der Waals surface area contributed by atoms with Crippen molar-refractivity contribution in [3.8, 4) is 0 Å². The number of aliphatic hydroxyl groups is 1. The van der Waals surface area contributed by atoms with E-state index in [1.807, 2.05) is 41.1 Å². The number of amides is 1. The van der Waals surface area contributed by atoms with Crippen molar-refractivity contribution in [2.75, 3.05) is 39.1 Å². The van der Waals surface area contributed by atoms with Crippen molar-refractivity contribution in [3.05, 3.63) is 35.9 Å². The molecular formula is C19H29BrN2O2. The van der Waals surface area contributed by atoms with E-state index in [0.29, 0.717) is 0 Å². The van der Waals surface area contributed by atoms with Gasteiger partial charge >= 0.3 is 0 Å². The lowest BCUT2D eigenvalue weighted by Gasteiger charge is -2.39. The number of benzene rings is 1. The number of likely N-dealkylation sites (N-methyl/N-ethyl adjacent to an activating group) is 1. The molecular weight excluding hydrogens is 368 g/mol. The van der Waals surface area contributed by atoms with E-state index < -0.39 is 11.5 Å². The fourth-order valence-corrected chi connectivity index (χ4v) is 3.81. The topological polar surface area (TPSA) is 43.8 Å². The first-order chi connectivity index (χ1) is 11.6. The van der Waals surface area contributed by atoms with E-state index in [2.05, 4.69) is 27.9 Å². The quantitative estimate of drug-likeness (QED) is 0.798. The smallest absolute Gasteiger partial charge is 0.233 e. The molecule has 1 aliphatic heterocycles. The van der Waals surface area contributed by atoms with Gasteiger partial charge in [0.2, 0.25) is 5.91 Å². The highest BCUT2D eigenvalue weighted by Gasteiger charge is 2.45. The van der Waals surface area contributed by atoms with Crippen molar-refractivity contribution in [1.29, 1.82) is 0 Å². The third-order valence-electron chi connectivity index (χ3n) is 5.20. The van der Waals surface area contributed by atoms with Crippen LogP contribution in [0.15, 0.2) is 30.3 Å². The lowest BCUT2D eigenvalue weighted by atomic mass is 9.79. The first-order valence-electron chi connectivity index (χ1n) is 8.73. The Balaban J connectivity index is 0.00000100. The number of carbonyl (C=O) groups excluding carboxylic acids is 1. The summed E-state index contributed by atoms with van der Waals surface area (Å²) in [5.41, 5.74) is 0.0812. The predicted molar refractivity (Wildman–Crippen MR) is 102 cm³/mol. The molecule has 134 valence electrons. The molecule has 1 heterocycles. The van der Waals surface area contributed by atoms with Crippen LogP contribution < -0.4 is 0 Å². The second kappa shape index (κ2) is 8.97. The average Bonchev–Trinajstić information content (AvgIpc) is 3.05. The van der Waals surface area contributed by atoms with E-state index in [1.54, 1.807) is 0 Å². The molecule has 0 bridgehead atoms. The molecule has 1 aromatic carbocycles. The average molecular weight is 397 g/mol. The molecule has 0 aromatic heterocycles. The standard InChI is InChI=1S/C18H26N2O2.CH3Br/c1-19-11-13-20(14-12-19)17(21)16(15-7-3-2-4-8-15)18(22)9-5-6-10-18;1-2/h2-4,7-8,16,22H,5-6,9-14H2,1H3;1H3. The van der Waals surface area contributed by atoms with Crippen molar-refractivity contribution in [1.82, 2.24) is 9.80 Å². The minimum Gasteiger partial charge on any atom is -0.389 e. The van der Waals surface area contributed by atoms with Crippen LogP contribution in [0.2, 0.25) is 0 Å². The van der Waals surface area contributed by atoms with Gasteiger partial charge in [0.25, 0.3) is 0 Å². The zero-order valence-corrected chi connectivity index (χ0v) is 16.3. The lowest BCUT2D eigenvalue weighted by molar-refractivity contribution is -0.141. The van der Waals surface area contributed by atoms with Crippen molar-refractivity contribution in [2.24, 2.45) is 0 Å². The van der Waals surface area contributed by atoms with Crippen molar-refractivity contribution >= 4 is 21.8 Å². The summed E-state index contributed by atoms with van der Waals surface area (Å²) in [6, 6.07) is 9.83.